The van der Waals surface area contributed by atoms with E-state index < -0.39 is 16.7 Å². The summed E-state index contributed by atoms with van der Waals surface area (Å²) < 4.78 is 15.6. The van der Waals surface area contributed by atoms with Gasteiger partial charge in [-0.2, -0.15) is 0 Å². The largest absolute Gasteiger partial charge is 0.272 e. The van der Waals surface area contributed by atoms with Crippen LogP contribution in [0.5, 0.6) is 0 Å². The number of hydrogen-bond acceptors (Lipinski definition) is 2. The van der Waals surface area contributed by atoms with Crippen LogP contribution in [0.3, 0.4) is 0 Å². The van der Waals surface area contributed by atoms with Crippen LogP contribution in [0.15, 0.2) is 12.7 Å². The summed E-state index contributed by atoms with van der Waals surface area (Å²) in [7, 11) is 0. The maximum Gasteiger partial charge on any atom is 0.153 e. The van der Waals surface area contributed by atoms with Gasteiger partial charge in [0.05, 0.1) is 0 Å². The quantitative estimate of drug-likeness (QED) is 0.586. The van der Waals surface area contributed by atoms with Crippen LogP contribution in [0.25, 0.3) is 0 Å². The molecule has 0 aromatic rings. The Balaban J connectivity index is 4.21. The molecule has 0 aliphatic carbocycles. The van der Waals surface area contributed by atoms with E-state index in [1.807, 2.05) is 0 Å². The molecule has 11 heavy (non-hydrogen) atoms. The zero-order valence-electron chi connectivity index (χ0n) is 7.01. The first-order valence-corrected chi connectivity index (χ1v) is 4.63. The minimum Gasteiger partial charge on any atom is -0.272 e. The third-order valence-corrected chi connectivity index (χ3v) is 1.45. The SMILES string of the molecule is C=CC#CC(C)(C)OS(C)=O. The van der Waals surface area contributed by atoms with Crippen molar-refractivity contribution < 1.29 is 8.39 Å². The summed E-state index contributed by atoms with van der Waals surface area (Å²) in [4.78, 5) is 0. The molecule has 1 unspecified atom stereocenters. The zero-order chi connectivity index (χ0) is 8.91. The second kappa shape index (κ2) is 4.32. The monoisotopic (exact) mass is 172 g/mol. The molecule has 0 bridgehead atoms. The van der Waals surface area contributed by atoms with Crippen LogP contribution >= 0.6 is 0 Å². The summed E-state index contributed by atoms with van der Waals surface area (Å²) in [6.07, 6.45) is 2.95. The molecule has 1 atom stereocenters. The highest BCUT2D eigenvalue weighted by atomic mass is 32.2. The normalized spacial score (nSPS) is 13.0. The van der Waals surface area contributed by atoms with E-state index in [0.29, 0.717) is 0 Å². The van der Waals surface area contributed by atoms with E-state index in [-0.39, 0.29) is 0 Å². The van der Waals surface area contributed by atoms with Crippen molar-refractivity contribution in [3.63, 3.8) is 0 Å². The Hall–Kier alpha value is -0.590. The van der Waals surface area contributed by atoms with Crippen LogP contribution in [0.1, 0.15) is 13.8 Å². The van der Waals surface area contributed by atoms with Crippen molar-refractivity contribution in [2.45, 2.75) is 19.4 Å². The van der Waals surface area contributed by atoms with Crippen LogP contribution in [0, 0.1) is 11.8 Å². The van der Waals surface area contributed by atoms with Crippen LogP contribution < -0.4 is 0 Å². The van der Waals surface area contributed by atoms with Gasteiger partial charge in [0.2, 0.25) is 0 Å². The van der Waals surface area contributed by atoms with E-state index in [1.165, 1.54) is 12.3 Å². The molecule has 0 aliphatic heterocycles. The van der Waals surface area contributed by atoms with Crippen molar-refractivity contribution in [3.05, 3.63) is 12.7 Å². The van der Waals surface area contributed by atoms with E-state index >= 15 is 0 Å². The van der Waals surface area contributed by atoms with E-state index in [9.17, 15) is 4.21 Å². The van der Waals surface area contributed by atoms with Gasteiger partial charge in [0.25, 0.3) is 0 Å². The van der Waals surface area contributed by atoms with Gasteiger partial charge < -0.3 is 0 Å². The lowest BCUT2D eigenvalue weighted by molar-refractivity contribution is 0.198. The minimum atomic E-state index is -1.28. The van der Waals surface area contributed by atoms with Crippen LogP contribution in [-0.4, -0.2) is 16.1 Å². The highest BCUT2D eigenvalue weighted by Crippen LogP contribution is 2.08. The van der Waals surface area contributed by atoms with Crippen LogP contribution in [0.4, 0.5) is 0 Å². The van der Waals surface area contributed by atoms with E-state index in [1.54, 1.807) is 13.8 Å². The molecule has 0 aromatic carbocycles. The molecule has 0 fully saturated rings. The maximum atomic E-state index is 10.6. The third kappa shape index (κ3) is 5.84. The van der Waals surface area contributed by atoms with Crippen molar-refractivity contribution >= 4 is 11.1 Å². The lowest BCUT2D eigenvalue weighted by Gasteiger charge is -2.14. The summed E-state index contributed by atoms with van der Waals surface area (Å²) >= 11 is -1.28. The van der Waals surface area contributed by atoms with E-state index in [4.69, 9.17) is 4.18 Å². The highest BCUT2D eigenvalue weighted by Gasteiger charge is 2.16. The van der Waals surface area contributed by atoms with Crippen LogP contribution in [-0.2, 0) is 15.3 Å². The number of rotatable bonds is 2. The fourth-order valence-corrected chi connectivity index (χ4v) is 1.17. The molecule has 62 valence electrons. The lowest BCUT2D eigenvalue weighted by Crippen LogP contribution is -2.22. The molecule has 0 radical (unpaired) electrons. The maximum absolute atomic E-state index is 10.6. The Morgan fingerprint density at radius 2 is 2.18 bits per heavy atom. The van der Waals surface area contributed by atoms with Gasteiger partial charge in [0.15, 0.2) is 11.1 Å². The standard InChI is InChI=1S/C8H12O2S/c1-5-6-7-8(2,3)10-11(4)9/h5H,1H2,2-4H3. The summed E-state index contributed by atoms with van der Waals surface area (Å²) in [6, 6.07) is 0. The molecule has 0 amide bonds. The fourth-order valence-electron chi connectivity index (χ4n) is 0.539. The minimum absolute atomic E-state index is 0.659. The summed E-state index contributed by atoms with van der Waals surface area (Å²) in [5.41, 5.74) is -0.659. The van der Waals surface area contributed by atoms with Crippen molar-refractivity contribution in [1.82, 2.24) is 0 Å². The molecule has 3 heteroatoms. The Morgan fingerprint density at radius 1 is 1.64 bits per heavy atom. The molecule has 0 aliphatic rings. The van der Waals surface area contributed by atoms with Crippen molar-refractivity contribution in [3.8, 4) is 11.8 Å². The van der Waals surface area contributed by atoms with E-state index in [2.05, 4.69) is 18.4 Å². The first-order valence-electron chi connectivity index (χ1n) is 3.14. The summed E-state index contributed by atoms with van der Waals surface area (Å²) in [5, 5.41) is 0. The molecule has 0 heterocycles. The first-order chi connectivity index (χ1) is 4.98. The molecule has 0 saturated heterocycles. The number of allylic oxidation sites excluding steroid dienone is 1. The average Bonchev–Trinajstić information content (AvgIpc) is 1.81. The zero-order valence-corrected chi connectivity index (χ0v) is 7.83. The average molecular weight is 172 g/mol. The Kier molecular flexibility index (Phi) is 4.09. The van der Waals surface area contributed by atoms with Gasteiger partial charge in [-0.05, 0) is 19.9 Å². The second-order valence-corrected chi connectivity index (χ2v) is 3.44. The Bertz CT molecular complexity index is 220. The molecule has 2 nitrogen and oxygen atoms in total. The smallest absolute Gasteiger partial charge is 0.153 e. The van der Waals surface area contributed by atoms with Gasteiger partial charge >= 0.3 is 0 Å². The second-order valence-electron chi connectivity index (χ2n) is 2.47. The molecule has 0 aromatic heterocycles. The molecule has 0 spiro atoms. The molecular formula is C8H12O2S. The Labute approximate surface area is 70.3 Å². The van der Waals surface area contributed by atoms with Gasteiger partial charge in [-0.15, -0.1) is 0 Å². The predicted molar refractivity (Wildman–Crippen MR) is 47.2 cm³/mol. The topological polar surface area (TPSA) is 26.3 Å². The molecule has 0 rings (SSSR count). The fraction of sp³-hybridized carbons (Fsp3) is 0.500. The molecule has 0 saturated carbocycles. The van der Waals surface area contributed by atoms with Gasteiger partial charge in [-0.3, -0.25) is 4.18 Å². The van der Waals surface area contributed by atoms with Gasteiger partial charge in [0.1, 0.15) is 5.60 Å². The highest BCUT2D eigenvalue weighted by molar-refractivity contribution is 7.79. The predicted octanol–water partition coefficient (Wildman–Crippen LogP) is 1.26. The number of hydrogen-bond donors (Lipinski definition) is 0. The summed E-state index contributed by atoms with van der Waals surface area (Å²) in [5.74, 6) is 5.40. The van der Waals surface area contributed by atoms with Crippen molar-refractivity contribution in [1.29, 1.82) is 0 Å². The molecular weight excluding hydrogens is 160 g/mol. The first kappa shape index (κ1) is 10.4. The Morgan fingerprint density at radius 3 is 2.55 bits per heavy atom. The summed E-state index contributed by atoms with van der Waals surface area (Å²) in [6.45, 7) is 6.95. The van der Waals surface area contributed by atoms with Gasteiger partial charge in [-0.25, -0.2) is 4.21 Å². The van der Waals surface area contributed by atoms with Crippen LogP contribution in [0.2, 0.25) is 0 Å². The lowest BCUT2D eigenvalue weighted by atomic mass is 10.1. The van der Waals surface area contributed by atoms with Gasteiger partial charge in [0, 0.05) is 6.26 Å². The molecule has 0 N–H and O–H groups in total. The van der Waals surface area contributed by atoms with Crippen molar-refractivity contribution in [2.24, 2.45) is 0 Å². The van der Waals surface area contributed by atoms with Gasteiger partial charge in [-0.1, -0.05) is 18.4 Å². The van der Waals surface area contributed by atoms with Crippen molar-refractivity contribution in [2.75, 3.05) is 6.26 Å². The third-order valence-electron chi connectivity index (χ3n) is 0.801. The van der Waals surface area contributed by atoms with E-state index in [0.717, 1.165) is 0 Å².